The van der Waals surface area contributed by atoms with Gasteiger partial charge in [0.05, 0.1) is 7.11 Å². The summed E-state index contributed by atoms with van der Waals surface area (Å²) in [7, 11) is 5.70. The first-order valence-corrected chi connectivity index (χ1v) is 9.62. The van der Waals surface area contributed by atoms with E-state index in [4.69, 9.17) is 4.74 Å². The third-order valence-electron chi connectivity index (χ3n) is 5.75. The van der Waals surface area contributed by atoms with Crippen LogP contribution in [0.15, 0.2) is 30.7 Å². The lowest BCUT2D eigenvalue weighted by molar-refractivity contribution is 0.200. The van der Waals surface area contributed by atoms with Gasteiger partial charge < -0.3 is 14.5 Å². The minimum atomic E-state index is 0.554. The van der Waals surface area contributed by atoms with Crippen molar-refractivity contribution in [2.45, 2.75) is 25.4 Å². The Morgan fingerprint density at radius 3 is 2.67 bits per heavy atom. The molecule has 2 saturated heterocycles. The second-order valence-electron chi connectivity index (χ2n) is 7.63. The number of rotatable bonds is 5. The van der Waals surface area contributed by atoms with E-state index in [9.17, 15) is 0 Å². The maximum absolute atomic E-state index is 5.17. The molecule has 0 bridgehead atoms. The van der Waals surface area contributed by atoms with Gasteiger partial charge in [0.15, 0.2) is 11.6 Å². The number of piperidine rings is 1. The van der Waals surface area contributed by atoms with E-state index in [0.717, 1.165) is 43.7 Å². The van der Waals surface area contributed by atoms with Crippen molar-refractivity contribution < 1.29 is 4.74 Å². The third-order valence-corrected chi connectivity index (χ3v) is 5.75. The van der Waals surface area contributed by atoms with E-state index in [1.54, 1.807) is 19.5 Å². The van der Waals surface area contributed by atoms with E-state index in [1.807, 2.05) is 31.3 Å². The van der Waals surface area contributed by atoms with Crippen LogP contribution in [0.1, 0.15) is 18.4 Å². The molecule has 2 fully saturated rings. The van der Waals surface area contributed by atoms with Gasteiger partial charge in [-0.3, -0.25) is 4.90 Å². The average molecular weight is 368 g/mol. The standard InChI is InChI=1S/C20H28N6O/c1-24(2)19-20(22-9-8-21-19)26-11-7-16-6-10-25(17(16)14-26)13-15-4-5-18(27-3)23-12-15/h4-5,8-9,12,16-17H,6-7,10-11,13-14H2,1-3H3. The lowest BCUT2D eigenvalue weighted by Crippen LogP contribution is -2.48. The monoisotopic (exact) mass is 368 g/mol. The molecule has 0 aliphatic carbocycles. The van der Waals surface area contributed by atoms with Crippen molar-refractivity contribution in [3.63, 3.8) is 0 Å². The van der Waals surface area contributed by atoms with Gasteiger partial charge in [0, 0.05) is 64.4 Å². The van der Waals surface area contributed by atoms with E-state index in [-0.39, 0.29) is 0 Å². The molecule has 4 rings (SSSR count). The Morgan fingerprint density at radius 2 is 1.93 bits per heavy atom. The molecule has 0 saturated carbocycles. The topological polar surface area (TPSA) is 57.6 Å². The molecule has 2 atom stereocenters. The van der Waals surface area contributed by atoms with Gasteiger partial charge in [-0.25, -0.2) is 15.0 Å². The van der Waals surface area contributed by atoms with Crippen LogP contribution in [0.4, 0.5) is 11.6 Å². The summed E-state index contributed by atoms with van der Waals surface area (Å²) >= 11 is 0. The number of likely N-dealkylation sites (tertiary alicyclic amines) is 1. The van der Waals surface area contributed by atoms with Gasteiger partial charge in [0.1, 0.15) is 0 Å². The molecular weight excluding hydrogens is 340 g/mol. The Bertz CT molecular complexity index is 765. The molecule has 2 aromatic rings. The molecule has 0 N–H and O–H groups in total. The van der Waals surface area contributed by atoms with Gasteiger partial charge in [-0.15, -0.1) is 0 Å². The fourth-order valence-electron chi connectivity index (χ4n) is 4.34. The first-order chi connectivity index (χ1) is 13.2. The van der Waals surface area contributed by atoms with Crippen molar-refractivity contribution in [3.05, 3.63) is 36.3 Å². The molecule has 0 spiro atoms. The molecule has 0 amide bonds. The second kappa shape index (κ2) is 7.68. The zero-order valence-electron chi connectivity index (χ0n) is 16.4. The summed E-state index contributed by atoms with van der Waals surface area (Å²) in [4.78, 5) is 20.6. The SMILES string of the molecule is COc1ccc(CN2CCC3CCN(c4nccnc4N(C)C)CC32)cn1. The average Bonchev–Trinajstić information content (AvgIpc) is 3.10. The summed E-state index contributed by atoms with van der Waals surface area (Å²) < 4.78 is 5.17. The van der Waals surface area contributed by atoms with E-state index in [1.165, 1.54) is 18.4 Å². The molecule has 2 aliphatic rings. The maximum atomic E-state index is 5.17. The van der Waals surface area contributed by atoms with Gasteiger partial charge in [-0.1, -0.05) is 6.07 Å². The Labute approximate surface area is 161 Å². The van der Waals surface area contributed by atoms with E-state index >= 15 is 0 Å². The predicted octanol–water partition coefficient (Wildman–Crippen LogP) is 2.05. The molecule has 2 aliphatic heterocycles. The highest BCUT2D eigenvalue weighted by atomic mass is 16.5. The van der Waals surface area contributed by atoms with Crippen molar-refractivity contribution in [2.75, 3.05) is 50.6 Å². The maximum Gasteiger partial charge on any atom is 0.212 e. The van der Waals surface area contributed by atoms with Crippen molar-refractivity contribution in [1.29, 1.82) is 0 Å². The highest BCUT2D eigenvalue weighted by Gasteiger charge is 2.39. The zero-order valence-corrected chi connectivity index (χ0v) is 16.4. The van der Waals surface area contributed by atoms with Gasteiger partial charge in [0.25, 0.3) is 0 Å². The summed E-state index contributed by atoms with van der Waals surface area (Å²) in [6.45, 7) is 4.15. The Kier molecular flexibility index (Phi) is 5.11. The molecule has 2 aromatic heterocycles. The number of anilines is 2. The van der Waals surface area contributed by atoms with E-state index in [0.29, 0.717) is 11.9 Å². The van der Waals surface area contributed by atoms with E-state index < -0.39 is 0 Å². The molecule has 2 unspecified atom stereocenters. The minimum absolute atomic E-state index is 0.554. The molecule has 144 valence electrons. The largest absolute Gasteiger partial charge is 0.481 e. The van der Waals surface area contributed by atoms with Crippen LogP contribution in [0.2, 0.25) is 0 Å². The number of ether oxygens (including phenoxy) is 1. The van der Waals surface area contributed by atoms with Crippen molar-refractivity contribution in [1.82, 2.24) is 19.9 Å². The first-order valence-electron chi connectivity index (χ1n) is 9.62. The fourth-order valence-corrected chi connectivity index (χ4v) is 4.34. The first kappa shape index (κ1) is 18.0. The Hall–Kier alpha value is -2.41. The highest BCUT2D eigenvalue weighted by Crippen LogP contribution is 2.35. The van der Waals surface area contributed by atoms with Gasteiger partial charge in [-0.05, 0) is 30.9 Å². The quantitative estimate of drug-likeness (QED) is 0.800. The number of fused-ring (bicyclic) bond motifs is 1. The summed E-state index contributed by atoms with van der Waals surface area (Å²) in [6.07, 6.45) is 7.99. The Balaban J connectivity index is 1.49. The summed E-state index contributed by atoms with van der Waals surface area (Å²) in [5.74, 6) is 3.38. The van der Waals surface area contributed by atoms with Crippen LogP contribution in [0.25, 0.3) is 0 Å². The molecule has 0 radical (unpaired) electrons. The van der Waals surface area contributed by atoms with Crippen LogP contribution in [0.3, 0.4) is 0 Å². The van der Waals surface area contributed by atoms with Gasteiger partial charge >= 0.3 is 0 Å². The number of nitrogens with zero attached hydrogens (tertiary/aromatic N) is 6. The van der Waals surface area contributed by atoms with Crippen LogP contribution in [0.5, 0.6) is 5.88 Å². The summed E-state index contributed by atoms with van der Waals surface area (Å²) in [6, 6.07) is 4.61. The molecule has 0 aromatic carbocycles. The van der Waals surface area contributed by atoms with Crippen LogP contribution >= 0.6 is 0 Å². The van der Waals surface area contributed by atoms with Crippen LogP contribution in [0, 0.1) is 5.92 Å². The second-order valence-corrected chi connectivity index (χ2v) is 7.63. The molecule has 4 heterocycles. The van der Waals surface area contributed by atoms with Gasteiger partial charge in [0.2, 0.25) is 5.88 Å². The summed E-state index contributed by atoms with van der Waals surface area (Å²) in [5, 5.41) is 0. The number of methoxy groups -OCH3 is 1. The van der Waals surface area contributed by atoms with Gasteiger partial charge in [-0.2, -0.15) is 0 Å². The molecular formula is C20H28N6O. The van der Waals surface area contributed by atoms with Crippen molar-refractivity contribution >= 4 is 11.6 Å². The number of pyridine rings is 1. The number of aromatic nitrogens is 3. The van der Waals surface area contributed by atoms with Crippen LogP contribution in [-0.2, 0) is 6.54 Å². The molecule has 7 heteroatoms. The number of hydrogen-bond acceptors (Lipinski definition) is 7. The third kappa shape index (κ3) is 3.69. The molecule has 7 nitrogen and oxygen atoms in total. The smallest absolute Gasteiger partial charge is 0.212 e. The number of hydrogen-bond donors (Lipinski definition) is 0. The zero-order chi connectivity index (χ0) is 18.8. The van der Waals surface area contributed by atoms with Crippen LogP contribution < -0.4 is 14.5 Å². The van der Waals surface area contributed by atoms with Crippen molar-refractivity contribution in [2.24, 2.45) is 5.92 Å². The van der Waals surface area contributed by atoms with E-state index in [2.05, 4.69) is 30.8 Å². The predicted molar refractivity (Wildman–Crippen MR) is 106 cm³/mol. The minimum Gasteiger partial charge on any atom is -0.481 e. The fraction of sp³-hybridized carbons (Fsp3) is 0.550. The van der Waals surface area contributed by atoms with Crippen molar-refractivity contribution in [3.8, 4) is 5.88 Å². The lowest BCUT2D eigenvalue weighted by Gasteiger charge is -2.39. The Morgan fingerprint density at radius 1 is 1.11 bits per heavy atom. The summed E-state index contributed by atoms with van der Waals surface area (Å²) in [5.41, 5.74) is 1.24. The van der Waals surface area contributed by atoms with Crippen LogP contribution in [-0.4, -0.2) is 66.7 Å². The highest BCUT2D eigenvalue weighted by molar-refractivity contribution is 5.61. The lowest BCUT2D eigenvalue weighted by atomic mass is 9.92. The molecule has 27 heavy (non-hydrogen) atoms. The normalized spacial score (nSPS) is 22.6.